The molecule has 0 saturated heterocycles. The third kappa shape index (κ3) is 3.01. The number of nitrogens with zero attached hydrogens (tertiary/aromatic N) is 1. The van der Waals surface area contributed by atoms with Crippen LogP contribution in [0, 0.1) is 19.3 Å². The van der Waals surface area contributed by atoms with Crippen LogP contribution in [0.5, 0.6) is 0 Å². The van der Waals surface area contributed by atoms with E-state index in [0.29, 0.717) is 24.3 Å². The Labute approximate surface area is 103 Å². The van der Waals surface area contributed by atoms with E-state index in [4.69, 9.17) is 12.2 Å². The molecule has 0 fully saturated rings. The topological polar surface area (TPSA) is 46.3 Å². The molecule has 17 heavy (non-hydrogen) atoms. The first-order valence-electron chi connectivity index (χ1n) is 5.69. The second-order valence-corrected chi connectivity index (χ2v) is 3.97. The molecule has 0 radical (unpaired) electrons. The Morgan fingerprint density at radius 1 is 1.53 bits per heavy atom. The number of aryl methyl sites for hydroxylation is 1. The number of rotatable bonds is 4. The zero-order chi connectivity index (χ0) is 12.8. The highest BCUT2D eigenvalue weighted by Gasteiger charge is 2.18. The Hall–Kier alpha value is -1.95. The molecule has 1 aromatic carbocycles. The van der Waals surface area contributed by atoms with E-state index in [1.54, 1.807) is 11.0 Å². The van der Waals surface area contributed by atoms with Crippen molar-refractivity contribution < 1.29 is 4.79 Å². The minimum Gasteiger partial charge on any atom is -0.398 e. The van der Waals surface area contributed by atoms with Gasteiger partial charge in [-0.2, -0.15) is 0 Å². The van der Waals surface area contributed by atoms with Crippen LogP contribution < -0.4 is 5.73 Å². The van der Waals surface area contributed by atoms with Gasteiger partial charge < -0.3 is 10.6 Å². The molecule has 0 atom stereocenters. The van der Waals surface area contributed by atoms with Crippen molar-refractivity contribution in [2.45, 2.75) is 20.3 Å². The quantitative estimate of drug-likeness (QED) is 0.635. The molecule has 1 rings (SSSR count). The number of benzene rings is 1. The highest BCUT2D eigenvalue weighted by molar-refractivity contribution is 6.00. The highest BCUT2D eigenvalue weighted by atomic mass is 16.2. The molecule has 0 aromatic heterocycles. The van der Waals surface area contributed by atoms with Crippen molar-refractivity contribution in [3.8, 4) is 12.3 Å². The van der Waals surface area contributed by atoms with Crippen molar-refractivity contribution in [2.75, 3.05) is 18.8 Å². The lowest BCUT2D eigenvalue weighted by Gasteiger charge is -2.21. The third-order valence-electron chi connectivity index (χ3n) is 2.58. The average molecular weight is 230 g/mol. The van der Waals surface area contributed by atoms with Crippen LogP contribution in [0.3, 0.4) is 0 Å². The van der Waals surface area contributed by atoms with Crippen molar-refractivity contribution in [2.24, 2.45) is 0 Å². The predicted molar refractivity (Wildman–Crippen MR) is 70.6 cm³/mol. The Kier molecular flexibility index (Phi) is 4.59. The summed E-state index contributed by atoms with van der Waals surface area (Å²) >= 11 is 0. The van der Waals surface area contributed by atoms with Crippen LogP contribution in [0.15, 0.2) is 18.2 Å². The molecule has 2 N–H and O–H groups in total. The third-order valence-corrected chi connectivity index (χ3v) is 2.58. The Morgan fingerprint density at radius 2 is 2.24 bits per heavy atom. The van der Waals surface area contributed by atoms with Gasteiger partial charge in [0.15, 0.2) is 0 Å². The fourth-order valence-corrected chi connectivity index (χ4v) is 1.77. The van der Waals surface area contributed by atoms with Crippen LogP contribution in [0.25, 0.3) is 0 Å². The maximum Gasteiger partial charge on any atom is 0.257 e. The molecule has 3 nitrogen and oxygen atoms in total. The molecule has 0 aliphatic rings. The van der Waals surface area contributed by atoms with Gasteiger partial charge in [-0.1, -0.05) is 25.0 Å². The normalized spacial score (nSPS) is 9.71. The lowest BCUT2D eigenvalue weighted by atomic mass is 10.1. The van der Waals surface area contributed by atoms with E-state index < -0.39 is 0 Å². The molecule has 0 saturated carbocycles. The number of hydrogen-bond donors (Lipinski definition) is 1. The fraction of sp³-hybridized carbons (Fsp3) is 0.357. The van der Waals surface area contributed by atoms with E-state index in [1.165, 1.54) is 0 Å². The first kappa shape index (κ1) is 13.1. The van der Waals surface area contributed by atoms with E-state index in [2.05, 4.69) is 5.92 Å². The van der Waals surface area contributed by atoms with Crippen LogP contribution in [-0.2, 0) is 0 Å². The second-order valence-electron chi connectivity index (χ2n) is 3.97. The number of carbonyl (C=O) groups excluding carboxylic acids is 1. The van der Waals surface area contributed by atoms with Gasteiger partial charge in [0.2, 0.25) is 0 Å². The largest absolute Gasteiger partial charge is 0.398 e. The lowest BCUT2D eigenvalue weighted by Crippen LogP contribution is -2.33. The lowest BCUT2D eigenvalue weighted by molar-refractivity contribution is 0.0777. The molecule has 1 amide bonds. The zero-order valence-corrected chi connectivity index (χ0v) is 10.4. The average Bonchev–Trinajstić information content (AvgIpc) is 2.28. The van der Waals surface area contributed by atoms with Crippen molar-refractivity contribution in [1.82, 2.24) is 4.90 Å². The molecule has 0 unspecified atom stereocenters. The van der Waals surface area contributed by atoms with Crippen LogP contribution >= 0.6 is 0 Å². The number of amides is 1. The van der Waals surface area contributed by atoms with Gasteiger partial charge in [0.05, 0.1) is 12.1 Å². The summed E-state index contributed by atoms with van der Waals surface area (Å²) in [7, 11) is 0. The summed E-state index contributed by atoms with van der Waals surface area (Å²) in [4.78, 5) is 14.0. The van der Waals surface area contributed by atoms with Crippen LogP contribution in [0.4, 0.5) is 5.69 Å². The van der Waals surface area contributed by atoms with Gasteiger partial charge in [-0.3, -0.25) is 4.79 Å². The van der Waals surface area contributed by atoms with Crippen molar-refractivity contribution in [1.29, 1.82) is 0 Å². The van der Waals surface area contributed by atoms with Crippen molar-refractivity contribution in [3.63, 3.8) is 0 Å². The van der Waals surface area contributed by atoms with Gasteiger partial charge in [0, 0.05) is 12.2 Å². The maximum atomic E-state index is 12.3. The predicted octanol–water partition coefficient (Wildman–Crippen LogP) is 2.06. The van der Waals surface area contributed by atoms with E-state index in [0.717, 1.165) is 12.0 Å². The van der Waals surface area contributed by atoms with Gasteiger partial charge in [0.1, 0.15) is 0 Å². The Bertz CT molecular complexity index is 426. The first-order chi connectivity index (χ1) is 8.11. The number of carbonyl (C=O) groups is 1. The molecule has 0 spiro atoms. The van der Waals surface area contributed by atoms with Crippen molar-refractivity contribution in [3.05, 3.63) is 29.3 Å². The number of anilines is 1. The first-order valence-corrected chi connectivity index (χ1v) is 5.69. The Balaban J connectivity index is 3.05. The summed E-state index contributed by atoms with van der Waals surface area (Å²) in [6.07, 6.45) is 6.15. The number of nitrogen functional groups attached to an aromatic ring is 1. The van der Waals surface area contributed by atoms with E-state index >= 15 is 0 Å². The zero-order valence-electron chi connectivity index (χ0n) is 10.4. The summed E-state index contributed by atoms with van der Waals surface area (Å²) in [6.45, 7) is 4.86. The number of terminal acetylenes is 1. The summed E-state index contributed by atoms with van der Waals surface area (Å²) in [5, 5.41) is 0. The Morgan fingerprint density at radius 3 is 2.76 bits per heavy atom. The minimum absolute atomic E-state index is 0.0830. The molecule has 0 aliphatic heterocycles. The summed E-state index contributed by atoms with van der Waals surface area (Å²) < 4.78 is 0. The number of nitrogens with two attached hydrogens (primary N) is 1. The molecule has 0 bridgehead atoms. The van der Waals surface area contributed by atoms with Gasteiger partial charge in [-0.05, 0) is 25.0 Å². The summed E-state index contributed by atoms with van der Waals surface area (Å²) in [5.74, 6) is 2.42. The van der Waals surface area contributed by atoms with Gasteiger partial charge >= 0.3 is 0 Å². The molecule has 0 heterocycles. The van der Waals surface area contributed by atoms with E-state index in [-0.39, 0.29) is 5.91 Å². The molecule has 0 aliphatic carbocycles. The molecular weight excluding hydrogens is 212 g/mol. The monoisotopic (exact) mass is 230 g/mol. The van der Waals surface area contributed by atoms with Crippen LogP contribution in [-0.4, -0.2) is 23.9 Å². The molecule has 90 valence electrons. The standard InChI is InChI=1S/C14H18N2O/c1-4-9-16(10-5-2)14(17)13-11(3)7-6-8-12(13)15/h1,6-8H,5,9-10,15H2,2-3H3. The summed E-state index contributed by atoms with van der Waals surface area (Å²) in [5.41, 5.74) is 7.81. The van der Waals surface area contributed by atoms with Gasteiger partial charge in [-0.25, -0.2) is 0 Å². The van der Waals surface area contributed by atoms with Gasteiger partial charge in [-0.15, -0.1) is 6.42 Å². The molecule has 1 aromatic rings. The van der Waals surface area contributed by atoms with Crippen LogP contribution in [0.1, 0.15) is 29.3 Å². The minimum atomic E-state index is -0.0830. The van der Waals surface area contributed by atoms with Crippen molar-refractivity contribution >= 4 is 11.6 Å². The second kappa shape index (κ2) is 5.95. The molecule has 3 heteroatoms. The summed E-state index contributed by atoms with van der Waals surface area (Å²) in [6, 6.07) is 5.45. The SMILES string of the molecule is C#CCN(CCC)C(=O)c1c(C)cccc1N. The van der Waals surface area contributed by atoms with E-state index in [9.17, 15) is 4.79 Å². The number of hydrogen-bond acceptors (Lipinski definition) is 2. The van der Waals surface area contributed by atoms with Gasteiger partial charge in [0.25, 0.3) is 5.91 Å². The molecular formula is C14H18N2O. The maximum absolute atomic E-state index is 12.3. The smallest absolute Gasteiger partial charge is 0.257 e. The fourth-order valence-electron chi connectivity index (χ4n) is 1.77. The van der Waals surface area contributed by atoms with E-state index in [1.807, 2.05) is 26.0 Å². The highest BCUT2D eigenvalue weighted by Crippen LogP contribution is 2.18. The van der Waals surface area contributed by atoms with Crippen LogP contribution in [0.2, 0.25) is 0 Å².